The Bertz CT molecular complexity index is 1090. The molecule has 1 aliphatic rings. The monoisotopic (exact) mass is 368 g/mol. The van der Waals surface area contributed by atoms with Gasteiger partial charge in [-0.15, -0.1) is 0 Å². The van der Waals surface area contributed by atoms with Crippen LogP contribution >= 0.6 is 0 Å². The Labute approximate surface area is 154 Å². The minimum atomic E-state index is -0.495. The molecule has 0 radical (unpaired) electrons. The first-order chi connectivity index (χ1) is 13.0. The average Bonchev–Trinajstić information content (AvgIpc) is 2.68. The topological polar surface area (TPSA) is 103 Å². The van der Waals surface area contributed by atoms with Gasteiger partial charge in [0.05, 0.1) is 10.9 Å². The molecule has 3 N–H and O–H groups in total. The quantitative estimate of drug-likeness (QED) is 0.558. The van der Waals surface area contributed by atoms with Crippen molar-refractivity contribution in [1.82, 2.24) is 0 Å². The summed E-state index contributed by atoms with van der Waals surface area (Å²) in [6.07, 6.45) is 1.39. The molecule has 138 valence electrons. The number of esters is 1. The molecule has 0 amide bonds. The summed E-state index contributed by atoms with van der Waals surface area (Å²) in [5, 5.41) is 0.393. The number of ether oxygens (including phenoxy) is 3. The van der Waals surface area contributed by atoms with Gasteiger partial charge in [0.1, 0.15) is 30.8 Å². The summed E-state index contributed by atoms with van der Waals surface area (Å²) >= 11 is 0. The van der Waals surface area contributed by atoms with Crippen molar-refractivity contribution >= 4 is 16.9 Å². The van der Waals surface area contributed by atoms with Gasteiger partial charge in [-0.3, -0.25) is 4.79 Å². The summed E-state index contributed by atoms with van der Waals surface area (Å²) in [6, 6.07) is 9.49. The van der Waals surface area contributed by atoms with Gasteiger partial charge in [0, 0.05) is 6.07 Å². The second-order valence-corrected chi connectivity index (χ2v) is 6.32. The van der Waals surface area contributed by atoms with Crippen LogP contribution in [0.25, 0.3) is 22.1 Å². The van der Waals surface area contributed by atoms with Crippen molar-refractivity contribution in [1.29, 1.82) is 0 Å². The molecular weight excluding hydrogens is 350 g/mol. The Morgan fingerprint density at radius 1 is 1.11 bits per heavy atom. The zero-order chi connectivity index (χ0) is 19.0. The highest BCUT2D eigenvalue weighted by molar-refractivity contribution is 5.84. The second kappa shape index (κ2) is 6.77. The maximum atomic E-state index is 12.9. The average molecular weight is 368 g/mol. The first-order valence-corrected chi connectivity index (χ1v) is 8.53. The Hall–Kier alpha value is -3.32. The van der Waals surface area contributed by atoms with Gasteiger partial charge in [0.25, 0.3) is 0 Å². The van der Waals surface area contributed by atoms with Crippen molar-refractivity contribution < 1.29 is 29.2 Å². The van der Waals surface area contributed by atoms with E-state index in [1.54, 1.807) is 37.3 Å². The summed E-state index contributed by atoms with van der Waals surface area (Å²) in [4.78, 5) is 24.6. The van der Waals surface area contributed by atoms with Gasteiger partial charge < -0.3 is 24.4 Å². The number of rotatable bonds is 3. The standard InChI is InChI=1S/C20H17NO6/c1-11(21)20(23)27-13-3-4-14-17(9-13)26-10-15(19(14)22)12-2-5-16-18(8-12)25-7-6-24-16/h2-5,8-11H,6-7,21H2,1H3/p+1/t11-/m1/s1. The number of carbonyl (C=O) groups excluding carboxylic acids is 1. The van der Waals surface area contributed by atoms with E-state index in [0.29, 0.717) is 52.6 Å². The van der Waals surface area contributed by atoms with Crippen LogP contribution in [0.4, 0.5) is 0 Å². The number of hydrogen-bond donors (Lipinski definition) is 1. The fourth-order valence-electron chi connectivity index (χ4n) is 2.80. The number of carbonyl (C=O) groups is 1. The third-order valence-electron chi connectivity index (χ3n) is 4.22. The Balaban J connectivity index is 1.72. The minimum absolute atomic E-state index is 0.184. The first-order valence-electron chi connectivity index (χ1n) is 8.53. The van der Waals surface area contributed by atoms with Crippen molar-refractivity contribution in [3.8, 4) is 28.4 Å². The maximum absolute atomic E-state index is 12.9. The van der Waals surface area contributed by atoms with E-state index in [2.05, 4.69) is 5.73 Å². The second-order valence-electron chi connectivity index (χ2n) is 6.32. The molecule has 2 heterocycles. The van der Waals surface area contributed by atoms with Gasteiger partial charge in [-0.05, 0) is 36.8 Å². The lowest BCUT2D eigenvalue weighted by molar-refractivity contribution is -0.401. The molecule has 0 aliphatic carbocycles. The van der Waals surface area contributed by atoms with Crippen molar-refractivity contribution in [2.75, 3.05) is 13.2 Å². The van der Waals surface area contributed by atoms with Crippen LogP contribution in [0.15, 0.2) is 51.9 Å². The number of fused-ring (bicyclic) bond motifs is 2. The van der Waals surface area contributed by atoms with Crippen LogP contribution in [0.2, 0.25) is 0 Å². The van der Waals surface area contributed by atoms with E-state index in [0.717, 1.165) is 0 Å². The predicted octanol–water partition coefficient (Wildman–Crippen LogP) is 1.77. The molecular formula is C20H18NO6+. The zero-order valence-corrected chi connectivity index (χ0v) is 14.7. The van der Waals surface area contributed by atoms with Crippen LogP contribution in [0.5, 0.6) is 17.2 Å². The molecule has 0 fully saturated rings. The van der Waals surface area contributed by atoms with E-state index >= 15 is 0 Å². The van der Waals surface area contributed by atoms with E-state index in [1.807, 2.05) is 0 Å². The molecule has 7 heteroatoms. The number of quaternary nitrogens is 1. The van der Waals surface area contributed by atoms with E-state index in [-0.39, 0.29) is 5.43 Å². The highest BCUT2D eigenvalue weighted by atomic mass is 16.6. The Morgan fingerprint density at radius 2 is 1.89 bits per heavy atom. The smallest absolute Gasteiger partial charge is 0.369 e. The molecule has 0 unspecified atom stereocenters. The summed E-state index contributed by atoms with van der Waals surface area (Å²) in [5.41, 5.74) is 4.86. The summed E-state index contributed by atoms with van der Waals surface area (Å²) in [7, 11) is 0. The van der Waals surface area contributed by atoms with E-state index in [4.69, 9.17) is 18.6 Å². The van der Waals surface area contributed by atoms with Crippen molar-refractivity contribution in [2.45, 2.75) is 13.0 Å². The van der Waals surface area contributed by atoms with Gasteiger partial charge in [-0.1, -0.05) is 6.07 Å². The van der Waals surface area contributed by atoms with E-state index in [9.17, 15) is 9.59 Å². The van der Waals surface area contributed by atoms with Crippen molar-refractivity contribution in [3.05, 3.63) is 52.9 Å². The van der Waals surface area contributed by atoms with Crippen LogP contribution in [-0.4, -0.2) is 25.2 Å². The highest BCUT2D eigenvalue weighted by Crippen LogP contribution is 2.34. The van der Waals surface area contributed by atoms with Gasteiger partial charge in [0.2, 0.25) is 0 Å². The van der Waals surface area contributed by atoms with Gasteiger partial charge in [-0.25, -0.2) is 4.79 Å². The third-order valence-corrected chi connectivity index (χ3v) is 4.22. The fraction of sp³-hybridized carbons (Fsp3) is 0.200. The highest BCUT2D eigenvalue weighted by Gasteiger charge is 2.17. The SMILES string of the molecule is C[C@@H]([NH3+])C(=O)Oc1ccc2c(=O)c(-c3ccc4c(c3)OCCO4)coc2c1. The minimum Gasteiger partial charge on any atom is -0.486 e. The summed E-state index contributed by atoms with van der Waals surface area (Å²) in [5.74, 6) is 1.10. The summed E-state index contributed by atoms with van der Waals surface area (Å²) < 4.78 is 21.9. The van der Waals surface area contributed by atoms with Crippen LogP contribution in [-0.2, 0) is 4.79 Å². The largest absolute Gasteiger partial charge is 0.486 e. The first kappa shape index (κ1) is 17.1. The van der Waals surface area contributed by atoms with Crippen LogP contribution in [0, 0.1) is 0 Å². The normalized spacial score (nSPS) is 14.0. The Kier molecular flexibility index (Phi) is 4.29. The van der Waals surface area contributed by atoms with Crippen molar-refractivity contribution in [3.63, 3.8) is 0 Å². The maximum Gasteiger partial charge on any atom is 0.369 e. The molecule has 4 rings (SSSR count). The van der Waals surface area contributed by atoms with Gasteiger partial charge in [0.15, 0.2) is 23.0 Å². The summed E-state index contributed by atoms with van der Waals surface area (Å²) in [6.45, 7) is 2.61. The molecule has 1 aromatic heterocycles. The molecule has 0 saturated carbocycles. The predicted molar refractivity (Wildman–Crippen MR) is 96.9 cm³/mol. The molecule has 0 bridgehead atoms. The Morgan fingerprint density at radius 3 is 2.67 bits per heavy atom. The lowest BCUT2D eigenvalue weighted by atomic mass is 10.0. The molecule has 0 saturated heterocycles. The lowest BCUT2D eigenvalue weighted by Gasteiger charge is -2.18. The van der Waals surface area contributed by atoms with Crippen LogP contribution in [0.1, 0.15) is 6.92 Å². The number of hydrogen-bond acceptors (Lipinski definition) is 6. The molecule has 7 nitrogen and oxygen atoms in total. The molecule has 1 atom stereocenters. The van der Waals surface area contributed by atoms with E-state index < -0.39 is 12.0 Å². The van der Waals surface area contributed by atoms with Gasteiger partial charge >= 0.3 is 5.97 Å². The molecule has 2 aromatic carbocycles. The van der Waals surface area contributed by atoms with E-state index in [1.165, 1.54) is 12.3 Å². The zero-order valence-electron chi connectivity index (χ0n) is 14.7. The van der Waals surface area contributed by atoms with Crippen LogP contribution in [0.3, 0.4) is 0 Å². The van der Waals surface area contributed by atoms with Gasteiger partial charge in [-0.2, -0.15) is 0 Å². The molecule has 27 heavy (non-hydrogen) atoms. The lowest BCUT2D eigenvalue weighted by Crippen LogP contribution is -2.64. The third kappa shape index (κ3) is 3.24. The molecule has 3 aromatic rings. The fourth-order valence-corrected chi connectivity index (χ4v) is 2.80. The molecule has 1 aliphatic heterocycles. The van der Waals surface area contributed by atoms with Crippen LogP contribution < -0.4 is 25.4 Å². The van der Waals surface area contributed by atoms with Crippen molar-refractivity contribution in [2.24, 2.45) is 0 Å². The molecule has 0 spiro atoms. The number of benzene rings is 2.